The summed E-state index contributed by atoms with van der Waals surface area (Å²) in [6.07, 6.45) is 0. The second-order valence-corrected chi connectivity index (χ2v) is 5.90. The lowest BCUT2D eigenvalue weighted by Gasteiger charge is -2.16. The number of hydrogen-bond acceptors (Lipinski definition) is 3. The third-order valence-corrected chi connectivity index (χ3v) is 4.14. The van der Waals surface area contributed by atoms with Crippen LogP contribution in [0.5, 0.6) is 0 Å². The number of Topliss-reactive ketones (excluding diaryl/α,β-unsaturated/α-hetero) is 1. The summed E-state index contributed by atoms with van der Waals surface area (Å²) in [5.41, 5.74) is 1.94. The van der Waals surface area contributed by atoms with Gasteiger partial charge in [-0.05, 0) is 31.5 Å². The Balaban J connectivity index is 2.44. The first-order valence-corrected chi connectivity index (χ1v) is 7.92. The molecule has 0 bridgehead atoms. The maximum atomic E-state index is 12.8. The standard InChI is InChI=1S/C18H16Cl2O3/c1-3-23-18(22)16(13-8-9-14(19)15(20)10-13)17(21)12-6-4-11(2)5-7-12/h4-10,16H,3H2,1-2H3. The number of carbonyl (C=O) groups excluding carboxylic acids is 2. The molecule has 0 spiro atoms. The summed E-state index contributed by atoms with van der Waals surface area (Å²) >= 11 is 11.9. The molecule has 1 unspecified atom stereocenters. The molecule has 0 aliphatic rings. The Hall–Kier alpha value is -1.84. The van der Waals surface area contributed by atoms with Crippen molar-refractivity contribution in [2.75, 3.05) is 6.61 Å². The first-order chi connectivity index (χ1) is 10.9. The van der Waals surface area contributed by atoms with Crippen LogP contribution in [0.15, 0.2) is 42.5 Å². The van der Waals surface area contributed by atoms with E-state index in [1.165, 1.54) is 6.07 Å². The molecule has 120 valence electrons. The first-order valence-electron chi connectivity index (χ1n) is 7.16. The minimum absolute atomic E-state index is 0.192. The summed E-state index contributed by atoms with van der Waals surface area (Å²) in [5, 5.41) is 0.649. The first kappa shape index (κ1) is 17.5. The van der Waals surface area contributed by atoms with Crippen LogP contribution in [0.25, 0.3) is 0 Å². The van der Waals surface area contributed by atoms with Crippen molar-refractivity contribution in [3.05, 3.63) is 69.2 Å². The summed E-state index contributed by atoms with van der Waals surface area (Å²) in [4.78, 5) is 25.1. The molecule has 0 radical (unpaired) electrons. The molecule has 2 aromatic rings. The van der Waals surface area contributed by atoms with Gasteiger partial charge in [-0.15, -0.1) is 0 Å². The number of ketones is 1. The van der Waals surface area contributed by atoms with Gasteiger partial charge in [0, 0.05) is 5.56 Å². The normalized spacial score (nSPS) is 11.8. The van der Waals surface area contributed by atoms with E-state index in [4.69, 9.17) is 27.9 Å². The number of ether oxygens (including phenoxy) is 1. The average molecular weight is 351 g/mol. The number of carbonyl (C=O) groups is 2. The average Bonchev–Trinajstić information content (AvgIpc) is 2.52. The fourth-order valence-electron chi connectivity index (χ4n) is 2.20. The van der Waals surface area contributed by atoms with Crippen LogP contribution in [0.4, 0.5) is 0 Å². The summed E-state index contributed by atoms with van der Waals surface area (Å²) in [7, 11) is 0. The highest BCUT2D eigenvalue weighted by Gasteiger charge is 2.31. The van der Waals surface area contributed by atoms with Crippen LogP contribution in [-0.4, -0.2) is 18.4 Å². The molecule has 0 fully saturated rings. The number of rotatable bonds is 5. The molecular formula is C18H16Cl2O3. The van der Waals surface area contributed by atoms with Crippen LogP contribution in [0.1, 0.15) is 34.3 Å². The Labute approximate surface area is 145 Å². The van der Waals surface area contributed by atoms with Gasteiger partial charge in [0.05, 0.1) is 16.7 Å². The van der Waals surface area contributed by atoms with Gasteiger partial charge in [0.1, 0.15) is 5.92 Å². The van der Waals surface area contributed by atoms with Crippen molar-refractivity contribution in [2.24, 2.45) is 0 Å². The van der Waals surface area contributed by atoms with Gasteiger partial charge in [0.25, 0.3) is 0 Å². The minimum atomic E-state index is -1.06. The molecule has 0 N–H and O–H groups in total. The van der Waals surface area contributed by atoms with E-state index in [-0.39, 0.29) is 17.4 Å². The van der Waals surface area contributed by atoms with E-state index in [0.29, 0.717) is 16.1 Å². The summed E-state index contributed by atoms with van der Waals surface area (Å²) < 4.78 is 5.06. The maximum Gasteiger partial charge on any atom is 0.321 e. The Bertz CT molecular complexity index is 724. The highest BCUT2D eigenvalue weighted by atomic mass is 35.5. The zero-order valence-corrected chi connectivity index (χ0v) is 14.3. The summed E-state index contributed by atoms with van der Waals surface area (Å²) in [6, 6.07) is 11.7. The third kappa shape index (κ3) is 4.12. The van der Waals surface area contributed by atoms with Crippen molar-refractivity contribution >= 4 is 35.0 Å². The predicted molar refractivity (Wildman–Crippen MR) is 91.3 cm³/mol. The zero-order valence-electron chi connectivity index (χ0n) is 12.8. The molecule has 0 saturated carbocycles. The van der Waals surface area contributed by atoms with Gasteiger partial charge in [-0.3, -0.25) is 9.59 Å². The minimum Gasteiger partial charge on any atom is -0.465 e. The molecular weight excluding hydrogens is 335 g/mol. The highest BCUT2D eigenvalue weighted by Crippen LogP contribution is 2.29. The van der Waals surface area contributed by atoms with E-state index >= 15 is 0 Å². The SMILES string of the molecule is CCOC(=O)C(C(=O)c1ccc(C)cc1)c1ccc(Cl)c(Cl)c1. The van der Waals surface area contributed by atoms with Crippen molar-refractivity contribution in [2.45, 2.75) is 19.8 Å². The van der Waals surface area contributed by atoms with Gasteiger partial charge < -0.3 is 4.74 Å². The van der Waals surface area contributed by atoms with Gasteiger partial charge in [0.15, 0.2) is 5.78 Å². The summed E-state index contributed by atoms with van der Waals surface area (Å²) in [6.45, 7) is 3.81. The van der Waals surface area contributed by atoms with Gasteiger partial charge in [-0.2, -0.15) is 0 Å². The van der Waals surface area contributed by atoms with Gasteiger partial charge in [0.2, 0.25) is 0 Å². The number of benzene rings is 2. The lowest BCUT2D eigenvalue weighted by Crippen LogP contribution is -2.24. The fraction of sp³-hybridized carbons (Fsp3) is 0.222. The van der Waals surface area contributed by atoms with E-state index in [1.807, 2.05) is 19.1 Å². The van der Waals surface area contributed by atoms with Crippen LogP contribution in [0.3, 0.4) is 0 Å². The Kier molecular flexibility index (Phi) is 5.80. The number of esters is 1. The van der Waals surface area contributed by atoms with Crippen LogP contribution in [-0.2, 0) is 9.53 Å². The molecule has 0 saturated heterocycles. The van der Waals surface area contributed by atoms with Crippen LogP contribution in [0.2, 0.25) is 10.0 Å². The molecule has 0 amide bonds. The largest absolute Gasteiger partial charge is 0.465 e. The Morgan fingerprint density at radius 3 is 2.26 bits per heavy atom. The Morgan fingerprint density at radius 1 is 1.04 bits per heavy atom. The lowest BCUT2D eigenvalue weighted by molar-refractivity contribution is -0.143. The monoisotopic (exact) mass is 350 g/mol. The number of halogens is 2. The van der Waals surface area contributed by atoms with E-state index < -0.39 is 11.9 Å². The predicted octanol–water partition coefficient (Wildman–Crippen LogP) is 4.83. The molecule has 2 rings (SSSR count). The molecule has 0 heterocycles. The molecule has 0 aliphatic heterocycles. The van der Waals surface area contributed by atoms with E-state index in [9.17, 15) is 9.59 Å². The molecule has 3 nitrogen and oxygen atoms in total. The summed E-state index contributed by atoms with van der Waals surface area (Å²) in [5.74, 6) is -1.99. The van der Waals surface area contributed by atoms with Gasteiger partial charge in [-0.25, -0.2) is 0 Å². The van der Waals surface area contributed by atoms with Crippen molar-refractivity contribution in [3.8, 4) is 0 Å². The van der Waals surface area contributed by atoms with Crippen LogP contribution < -0.4 is 0 Å². The topological polar surface area (TPSA) is 43.4 Å². The molecule has 0 aliphatic carbocycles. The van der Waals surface area contributed by atoms with Crippen LogP contribution in [0, 0.1) is 6.92 Å². The molecule has 0 aromatic heterocycles. The number of hydrogen-bond donors (Lipinski definition) is 0. The second kappa shape index (κ2) is 7.62. The fourth-order valence-corrected chi connectivity index (χ4v) is 2.50. The third-order valence-electron chi connectivity index (χ3n) is 3.40. The highest BCUT2D eigenvalue weighted by molar-refractivity contribution is 6.42. The number of aryl methyl sites for hydroxylation is 1. The Morgan fingerprint density at radius 2 is 1.70 bits per heavy atom. The van der Waals surface area contributed by atoms with Crippen molar-refractivity contribution in [3.63, 3.8) is 0 Å². The maximum absolute atomic E-state index is 12.8. The lowest BCUT2D eigenvalue weighted by atomic mass is 9.90. The van der Waals surface area contributed by atoms with E-state index in [0.717, 1.165) is 5.56 Å². The quantitative estimate of drug-likeness (QED) is 0.440. The van der Waals surface area contributed by atoms with E-state index in [2.05, 4.69) is 0 Å². The molecule has 5 heteroatoms. The van der Waals surface area contributed by atoms with E-state index in [1.54, 1.807) is 31.2 Å². The van der Waals surface area contributed by atoms with Crippen LogP contribution >= 0.6 is 23.2 Å². The smallest absolute Gasteiger partial charge is 0.321 e. The van der Waals surface area contributed by atoms with Crippen molar-refractivity contribution in [1.29, 1.82) is 0 Å². The zero-order chi connectivity index (χ0) is 17.0. The second-order valence-electron chi connectivity index (χ2n) is 5.09. The van der Waals surface area contributed by atoms with Crippen molar-refractivity contribution < 1.29 is 14.3 Å². The molecule has 23 heavy (non-hydrogen) atoms. The van der Waals surface area contributed by atoms with Crippen molar-refractivity contribution in [1.82, 2.24) is 0 Å². The van der Waals surface area contributed by atoms with Gasteiger partial charge >= 0.3 is 5.97 Å². The molecule has 1 atom stereocenters. The van der Waals surface area contributed by atoms with Gasteiger partial charge in [-0.1, -0.05) is 59.1 Å². The molecule has 2 aromatic carbocycles.